The van der Waals surface area contributed by atoms with Crippen molar-refractivity contribution < 1.29 is 22.0 Å². The minimum atomic E-state index is -4.19. The molecule has 0 saturated heterocycles. The van der Waals surface area contributed by atoms with E-state index < -0.39 is 26.6 Å². The average molecular weight is 392 g/mol. The van der Waals surface area contributed by atoms with Gasteiger partial charge in [-0.2, -0.15) is 0 Å². The molecule has 5 nitrogen and oxygen atoms in total. The van der Waals surface area contributed by atoms with Gasteiger partial charge in [-0.3, -0.25) is 9.52 Å². The number of hydrogen-bond acceptors (Lipinski definition) is 3. The van der Waals surface area contributed by atoms with Gasteiger partial charge in [-0.05, 0) is 61.6 Å². The van der Waals surface area contributed by atoms with Crippen molar-refractivity contribution in [3.63, 3.8) is 0 Å². The van der Waals surface area contributed by atoms with E-state index in [4.69, 9.17) is 0 Å². The molecule has 0 bridgehead atoms. The molecule has 4 rings (SSSR count). The van der Waals surface area contributed by atoms with Crippen LogP contribution >= 0.6 is 0 Å². The molecule has 1 aliphatic carbocycles. The van der Waals surface area contributed by atoms with Gasteiger partial charge in [0.25, 0.3) is 10.0 Å². The van der Waals surface area contributed by atoms with Gasteiger partial charge >= 0.3 is 0 Å². The molecule has 1 amide bonds. The van der Waals surface area contributed by atoms with Crippen LogP contribution in [-0.4, -0.2) is 20.9 Å². The van der Waals surface area contributed by atoms with Gasteiger partial charge < -0.3 is 4.90 Å². The van der Waals surface area contributed by atoms with Gasteiger partial charge in [0.15, 0.2) is 0 Å². The number of anilines is 2. The van der Waals surface area contributed by atoms with E-state index >= 15 is 0 Å². The van der Waals surface area contributed by atoms with Gasteiger partial charge in [0, 0.05) is 29.9 Å². The minimum Gasteiger partial charge on any atom is -0.312 e. The molecule has 2 aliphatic rings. The minimum absolute atomic E-state index is 0.107. The molecule has 0 spiro atoms. The van der Waals surface area contributed by atoms with Crippen molar-refractivity contribution in [3.05, 3.63) is 53.6 Å². The first-order valence-electron chi connectivity index (χ1n) is 8.77. The van der Waals surface area contributed by atoms with Crippen molar-refractivity contribution in [2.75, 3.05) is 16.2 Å². The predicted molar refractivity (Wildman–Crippen MR) is 97.0 cm³/mol. The Labute approximate surface area is 156 Å². The molecule has 1 N–H and O–H groups in total. The van der Waals surface area contributed by atoms with Gasteiger partial charge in [0.2, 0.25) is 5.91 Å². The van der Waals surface area contributed by atoms with E-state index in [0.29, 0.717) is 12.6 Å². The van der Waals surface area contributed by atoms with Crippen LogP contribution in [-0.2, 0) is 21.2 Å². The smallest absolute Gasteiger partial charge is 0.264 e. The third-order valence-electron chi connectivity index (χ3n) is 4.83. The number of halogens is 2. The van der Waals surface area contributed by atoms with Crippen LogP contribution in [0.1, 0.15) is 24.8 Å². The molecular formula is C19H18F2N2O3S. The Bertz CT molecular complexity index is 1020. The number of sulfonamides is 1. The molecule has 0 radical (unpaired) electrons. The van der Waals surface area contributed by atoms with Gasteiger partial charge in [-0.25, -0.2) is 17.2 Å². The Morgan fingerprint density at radius 1 is 1.11 bits per heavy atom. The Morgan fingerprint density at radius 3 is 2.59 bits per heavy atom. The lowest BCUT2D eigenvalue weighted by atomic mass is 10.0. The highest BCUT2D eigenvalue weighted by molar-refractivity contribution is 7.92. The molecule has 1 aliphatic heterocycles. The summed E-state index contributed by atoms with van der Waals surface area (Å²) in [6.07, 6.45) is 3.37. The summed E-state index contributed by atoms with van der Waals surface area (Å²) in [6, 6.07) is 7.25. The molecule has 1 fully saturated rings. The van der Waals surface area contributed by atoms with Crippen molar-refractivity contribution in [1.29, 1.82) is 0 Å². The topological polar surface area (TPSA) is 66.5 Å². The maximum Gasteiger partial charge on any atom is 0.264 e. The number of nitrogens with one attached hydrogen (secondary N) is 1. The van der Waals surface area contributed by atoms with E-state index in [1.54, 1.807) is 23.1 Å². The lowest BCUT2D eigenvalue weighted by Gasteiger charge is -2.30. The monoisotopic (exact) mass is 392 g/mol. The summed E-state index contributed by atoms with van der Waals surface area (Å²) in [7, 11) is -4.19. The molecule has 0 aromatic heterocycles. The number of fused-ring (bicyclic) bond motifs is 1. The molecule has 8 heteroatoms. The quantitative estimate of drug-likeness (QED) is 0.867. The normalized spacial score (nSPS) is 16.7. The lowest BCUT2D eigenvalue weighted by Crippen LogP contribution is -2.36. The molecule has 142 valence electrons. The third kappa shape index (κ3) is 3.53. The van der Waals surface area contributed by atoms with Gasteiger partial charge in [0.1, 0.15) is 16.5 Å². The van der Waals surface area contributed by atoms with Crippen LogP contribution in [0.3, 0.4) is 0 Å². The lowest BCUT2D eigenvalue weighted by molar-refractivity contribution is -0.119. The Hall–Kier alpha value is -2.48. The number of aryl methyl sites for hydroxylation is 1. The second-order valence-electron chi connectivity index (χ2n) is 6.89. The van der Waals surface area contributed by atoms with Crippen LogP contribution in [0, 0.1) is 17.6 Å². The third-order valence-corrected chi connectivity index (χ3v) is 6.24. The molecular weight excluding hydrogens is 374 g/mol. The molecule has 1 heterocycles. The van der Waals surface area contributed by atoms with E-state index in [9.17, 15) is 22.0 Å². The van der Waals surface area contributed by atoms with Crippen molar-refractivity contribution in [3.8, 4) is 0 Å². The van der Waals surface area contributed by atoms with Gasteiger partial charge in [-0.1, -0.05) is 0 Å². The highest BCUT2D eigenvalue weighted by atomic mass is 32.2. The standard InChI is InChI=1S/C19H18F2N2O3S/c20-14-5-8-18(16(21)11-14)27(25,26)22-15-6-7-17-13(10-15)2-1-9-23(17)19(24)12-3-4-12/h5-8,10-12,22H,1-4,9H2. The maximum atomic E-state index is 13.8. The van der Waals surface area contributed by atoms with Crippen molar-refractivity contribution >= 4 is 27.3 Å². The molecule has 2 aromatic rings. The molecule has 1 saturated carbocycles. The number of benzene rings is 2. The number of carbonyl (C=O) groups is 1. The van der Waals surface area contributed by atoms with E-state index in [1.165, 1.54) is 0 Å². The SMILES string of the molecule is O=C(C1CC1)N1CCCc2cc(NS(=O)(=O)c3ccc(F)cc3F)ccc21. The largest absolute Gasteiger partial charge is 0.312 e. The van der Waals surface area contributed by atoms with Crippen LogP contribution in [0.25, 0.3) is 0 Å². The van der Waals surface area contributed by atoms with Crippen LogP contribution in [0.4, 0.5) is 20.2 Å². The van der Waals surface area contributed by atoms with Crippen molar-refractivity contribution in [2.45, 2.75) is 30.6 Å². The van der Waals surface area contributed by atoms with Gasteiger partial charge in [0.05, 0.1) is 0 Å². The summed E-state index contributed by atoms with van der Waals surface area (Å²) in [5, 5.41) is 0. The van der Waals surface area contributed by atoms with E-state index in [2.05, 4.69) is 4.72 Å². The number of rotatable bonds is 4. The zero-order valence-electron chi connectivity index (χ0n) is 14.4. The summed E-state index contributed by atoms with van der Waals surface area (Å²) < 4.78 is 54.1. The highest BCUT2D eigenvalue weighted by Gasteiger charge is 2.35. The zero-order valence-corrected chi connectivity index (χ0v) is 15.2. The number of nitrogens with zero attached hydrogens (tertiary/aromatic N) is 1. The van der Waals surface area contributed by atoms with E-state index in [1.807, 2.05) is 0 Å². The fourth-order valence-corrected chi connectivity index (χ4v) is 4.45. The molecule has 27 heavy (non-hydrogen) atoms. The second-order valence-corrected chi connectivity index (χ2v) is 8.54. The van der Waals surface area contributed by atoms with Crippen molar-refractivity contribution in [1.82, 2.24) is 0 Å². The zero-order chi connectivity index (χ0) is 19.2. The predicted octanol–water partition coefficient (Wildman–Crippen LogP) is 3.45. The fourth-order valence-electron chi connectivity index (χ4n) is 3.34. The van der Waals surface area contributed by atoms with Crippen LogP contribution in [0.5, 0.6) is 0 Å². The maximum absolute atomic E-state index is 13.8. The first kappa shape index (κ1) is 17.9. The summed E-state index contributed by atoms with van der Waals surface area (Å²) in [4.78, 5) is 13.6. The summed E-state index contributed by atoms with van der Waals surface area (Å²) in [6.45, 7) is 0.661. The van der Waals surface area contributed by atoms with Gasteiger partial charge in [-0.15, -0.1) is 0 Å². The van der Waals surface area contributed by atoms with Crippen LogP contribution < -0.4 is 9.62 Å². The Morgan fingerprint density at radius 2 is 1.89 bits per heavy atom. The molecule has 0 unspecified atom stereocenters. The van der Waals surface area contributed by atoms with Crippen LogP contribution in [0.15, 0.2) is 41.3 Å². The average Bonchev–Trinajstić information content (AvgIpc) is 3.44. The Balaban J connectivity index is 1.61. The summed E-state index contributed by atoms with van der Waals surface area (Å²) in [5.41, 5.74) is 1.95. The number of hydrogen-bond donors (Lipinski definition) is 1. The molecule has 2 aromatic carbocycles. The number of carbonyl (C=O) groups excluding carboxylic acids is 1. The van der Waals surface area contributed by atoms with Crippen molar-refractivity contribution in [2.24, 2.45) is 5.92 Å². The second kappa shape index (κ2) is 6.60. The van der Waals surface area contributed by atoms with Crippen LogP contribution in [0.2, 0.25) is 0 Å². The first-order valence-corrected chi connectivity index (χ1v) is 10.3. The van der Waals surface area contributed by atoms with E-state index in [-0.39, 0.29) is 17.5 Å². The number of amides is 1. The first-order chi connectivity index (χ1) is 12.8. The van der Waals surface area contributed by atoms with E-state index in [0.717, 1.165) is 49.1 Å². The Kier molecular flexibility index (Phi) is 4.38. The summed E-state index contributed by atoms with van der Waals surface area (Å²) >= 11 is 0. The highest BCUT2D eigenvalue weighted by Crippen LogP contribution is 2.37. The summed E-state index contributed by atoms with van der Waals surface area (Å²) in [5.74, 6) is -1.77. The fraction of sp³-hybridized carbons (Fsp3) is 0.316. The molecule has 0 atom stereocenters.